The molecule has 0 bridgehead atoms. The normalized spacial score (nSPS) is 11.7. The summed E-state index contributed by atoms with van der Waals surface area (Å²) in [5.41, 5.74) is 5.77. The third-order valence-electron chi connectivity index (χ3n) is 9.68. The summed E-state index contributed by atoms with van der Waals surface area (Å²) in [4.78, 5) is 57.7. The Kier molecular flexibility index (Phi) is 16.6. The fourth-order valence-electron chi connectivity index (χ4n) is 6.49. The molecule has 0 atom stereocenters. The van der Waals surface area contributed by atoms with Crippen molar-refractivity contribution in [2.24, 2.45) is 4.99 Å². The van der Waals surface area contributed by atoms with Crippen LogP contribution in [0.5, 0.6) is 0 Å². The maximum atomic E-state index is 12.2. The number of halogens is 4. The van der Waals surface area contributed by atoms with Gasteiger partial charge < -0.3 is 25.5 Å². The van der Waals surface area contributed by atoms with E-state index in [1.54, 1.807) is 43.7 Å². The zero-order chi connectivity index (χ0) is 50.1. The number of hydrogen-bond acceptors (Lipinski definition) is 13. The van der Waals surface area contributed by atoms with Gasteiger partial charge in [-0.15, -0.1) is 11.3 Å². The molecule has 4 N–H and O–H groups in total. The molecule has 0 saturated carbocycles. The van der Waals surface area contributed by atoms with Gasteiger partial charge in [0.25, 0.3) is 0 Å². The fraction of sp³-hybridized carbons (Fsp3) is 0.140. The summed E-state index contributed by atoms with van der Waals surface area (Å²) in [7, 11) is 0. The van der Waals surface area contributed by atoms with Crippen molar-refractivity contribution in [2.75, 3.05) is 17.2 Å². The van der Waals surface area contributed by atoms with Crippen molar-refractivity contribution in [1.82, 2.24) is 34.7 Å². The molecular formula is C50H42Br2Cl2N10O5S. The lowest BCUT2D eigenvalue weighted by atomic mass is 10.1. The summed E-state index contributed by atoms with van der Waals surface area (Å²) < 4.78 is 9.56. The number of thiophene rings is 1. The van der Waals surface area contributed by atoms with Crippen LogP contribution in [-0.2, 0) is 4.74 Å². The largest absolute Gasteiger partial charge is 0.477 e. The van der Waals surface area contributed by atoms with Gasteiger partial charge >= 0.3 is 12.1 Å². The topological polar surface area (TPSA) is 202 Å². The number of ketones is 1. The first-order chi connectivity index (χ1) is 33.4. The summed E-state index contributed by atoms with van der Waals surface area (Å²) in [6.45, 7) is 9.59. The number of nitrogens with one attached hydrogen (secondary N) is 3. The van der Waals surface area contributed by atoms with Gasteiger partial charge in [-0.1, -0.05) is 73.8 Å². The zero-order valence-corrected chi connectivity index (χ0v) is 43.5. The molecule has 356 valence electrons. The molecule has 0 unspecified atom stereocenters. The van der Waals surface area contributed by atoms with Gasteiger partial charge in [0.1, 0.15) is 27.1 Å². The summed E-state index contributed by atoms with van der Waals surface area (Å²) in [5.74, 6) is 1.08. The van der Waals surface area contributed by atoms with E-state index in [0.717, 1.165) is 64.4 Å². The maximum Gasteiger partial charge on any atom is 0.435 e. The minimum absolute atomic E-state index is 0.0623. The first-order valence-corrected chi connectivity index (χ1v) is 24.3. The van der Waals surface area contributed by atoms with E-state index in [4.69, 9.17) is 33.0 Å². The molecule has 6 heterocycles. The first-order valence-electron chi connectivity index (χ1n) is 21.1. The van der Waals surface area contributed by atoms with Crippen molar-refractivity contribution in [3.8, 4) is 0 Å². The van der Waals surface area contributed by atoms with Gasteiger partial charge in [0.2, 0.25) is 5.28 Å². The predicted molar refractivity (Wildman–Crippen MR) is 287 cm³/mol. The van der Waals surface area contributed by atoms with Crippen LogP contribution in [0.1, 0.15) is 59.2 Å². The van der Waals surface area contributed by atoms with Crippen LogP contribution < -0.4 is 10.6 Å². The molecule has 0 amide bonds. The number of H-pyrrole nitrogens is 1. The number of nitrogens with zero attached hydrogens (tertiary/aromatic N) is 7. The van der Waals surface area contributed by atoms with Crippen molar-refractivity contribution < 1.29 is 24.2 Å². The highest BCUT2D eigenvalue weighted by atomic mass is 79.9. The van der Waals surface area contributed by atoms with Crippen LogP contribution in [0.2, 0.25) is 10.3 Å². The van der Waals surface area contributed by atoms with Gasteiger partial charge in [0.15, 0.2) is 11.6 Å². The van der Waals surface area contributed by atoms with E-state index in [9.17, 15) is 14.4 Å². The number of allylic oxidation sites excluding steroid dienone is 1. The first kappa shape index (κ1) is 51.0. The zero-order valence-electron chi connectivity index (χ0n) is 38.0. The van der Waals surface area contributed by atoms with Crippen LogP contribution >= 0.6 is 66.4 Å². The number of carbonyl (C=O) groups excluding carboxylic acids is 2. The lowest BCUT2D eigenvalue weighted by molar-refractivity contribution is 0.0522. The fourth-order valence-corrected chi connectivity index (χ4v) is 8.59. The van der Waals surface area contributed by atoms with Crippen molar-refractivity contribution in [1.29, 1.82) is 0 Å². The Morgan fingerprint density at radius 2 is 1.56 bits per heavy atom. The summed E-state index contributed by atoms with van der Waals surface area (Å²) in [6.07, 6.45) is 8.26. The van der Waals surface area contributed by atoms with Crippen molar-refractivity contribution in [2.45, 2.75) is 40.2 Å². The number of aromatic amines is 1. The van der Waals surface area contributed by atoms with Crippen LogP contribution in [0.15, 0.2) is 136 Å². The highest BCUT2D eigenvalue weighted by Gasteiger charge is 2.20. The van der Waals surface area contributed by atoms with Crippen molar-refractivity contribution >= 4 is 151 Å². The average Bonchev–Trinajstić information content (AvgIpc) is 4.15. The molecule has 0 saturated heterocycles. The van der Waals surface area contributed by atoms with E-state index in [2.05, 4.69) is 83.6 Å². The van der Waals surface area contributed by atoms with E-state index in [-0.39, 0.29) is 11.1 Å². The monoisotopic (exact) mass is 1120 g/mol. The Labute approximate surface area is 432 Å². The number of aliphatic imine (C=N–C) groups is 1. The standard InChI is InChI=1S/C16H16ClN5O2.C15H13ClN4.C10H8BrNO.C9H5BrO2S/c1-16(2,3)24-15(23)22-12-5-4-11(8-10(12)9-19-22)20-13-6-7-18-14(17)21-13;1-10-18-9-14(16)15(19-10)20-13-4-2-11(3-5-13)12-6-7-17-8-12;1-6(13)9-4-7-2-3-8(11)5-10(7)12-9;10-6-2-1-5-3-8(9(11)12)13-7(5)4-6/h4-9H,1-3H3,(H,18,20,21);2-6,8-9H,7H2,1H3,(H,18,19,20);2-5,12H,1H3;1-4H,(H,11,12). The Morgan fingerprint density at radius 1 is 0.829 bits per heavy atom. The third kappa shape index (κ3) is 13.9. The summed E-state index contributed by atoms with van der Waals surface area (Å²) in [6, 6.07) is 30.4. The van der Waals surface area contributed by atoms with E-state index >= 15 is 0 Å². The van der Waals surface area contributed by atoms with E-state index in [1.807, 2.05) is 113 Å². The van der Waals surface area contributed by atoms with Crippen LogP contribution in [0, 0.1) is 6.92 Å². The van der Waals surface area contributed by atoms with Crippen LogP contribution in [0.25, 0.3) is 37.5 Å². The van der Waals surface area contributed by atoms with Gasteiger partial charge in [-0.3, -0.25) is 9.79 Å². The average molecular weight is 1130 g/mol. The Hall–Kier alpha value is -6.83. The number of aryl methyl sites for hydroxylation is 1. The van der Waals surface area contributed by atoms with Crippen LogP contribution in [0.3, 0.4) is 0 Å². The van der Waals surface area contributed by atoms with Gasteiger partial charge in [-0.2, -0.15) is 9.78 Å². The van der Waals surface area contributed by atoms with Crippen LogP contribution in [0.4, 0.5) is 27.8 Å². The molecule has 4 aromatic carbocycles. The molecule has 15 nitrogen and oxygen atoms in total. The molecule has 10 rings (SSSR count). The van der Waals surface area contributed by atoms with Crippen LogP contribution in [-0.4, -0.2) is 76.0 Å². The number of rotatable bonds is 7. The summed E-state index contributed by atoms with van der Waals surface area (Å²) >= 11 is 19.8. The summed E-state index contributed by atoms with van der Waals surface area (Å²) in [5, 5.41) is 22.7. The van der Waals surface area contributed by atoms with Crippen molar-refractivity contribution in [3.05, 3.63) is 163 Å². The Bertz CT molecular complexity index is 3350. The predicted octanol–water partition coefficient (Wildman–Crippen LogP) is 14.2. The second-order valence-corrected chi connectivity index (χ2v) is 19.8. The number of fused-ring (bicyclic) bond motifs is 3. The molecule has 70 heavy (non-hydrogen) atoms. The smallest absolute Gasteiger partial charge is 0.435 e. The minimum atomic E-state index is -0.864. The lowest BCUT2D eigenvalue weighted by Gasteiger charge is -2.19. The van der Waals surface area contributed by atoms with Gasteiger partial charge in [-0.05, 0) is 129 Å². The number of aromatic nitrogens is 7. The number of benzene rings is 4. The number of ether oxygens (including phenoxy) is 1. The van der Waals surface area contributed by atoms with Gasteiger partial charge in [0, 0.05) is 60.6 Å². The number of anilines is 4. The minimum Gasteiger partial charge on any atom is -0.477 e. The number of aromatic carboxylic acids is 1. The van der Waals surface area contributed by atoms with Gasteiger partial charge in [0.05, 0.1) is 30.1 Å². The molecule has 0 spiro atoms. The maximum absolute atomic E-state index is 12.2. The van der Waals surface area contributed by atoms with E-state index < -0.39 is 17.7 Å². The number of carbonyl (C=O) groups is 3. The Morgan fingerprint density at radius 3 is 2.24 bits per heavy atom. The lowest BCUT2D eigenvalue weighted by Crippen LogP contribution is -2.27. The second-order valence-electron chi connectivity index (χ2n) is 16.2. The molecule has 5 aromatic heterocycles. The Balaban J connectivity index is 0.000000142. The quantitative estimate of drug-likeness (QED) is 0.0870. The molecule has 0 radical (unpaired) electrons. The SMILES string of the molecule is CC(=O)c1cc2ccc(Br)cc2[nH]1.CC(C)(C)OC(=O)n1ncc2cc(Nc3ccnc(Cl)n3)ccc21.Cc1ncc(Cl)c(Nc2ccc(C3=CCN=C3)cc2)n1.O=C(O)c1cc2ccc(Br)cc2s1. The molecule has 1 aliphatic rings. The number of carboxylic acids is 1. The number of carboxylic acid groups (broad SMARTS) is 1. The number of hydrogen-bond donors (Lipinski definition) is 4. The molecule has 9 aromatic rings. The van der Waals surface area contributed by atoms with Crippen molar-refractivity contribution in [3.63, 3.8) is 0 Å². The second kappa shape index (κ2) is 22.7. The highest BCUT2D eigenvalue weighted by Crippen LogP contribution is 2.29. The molecular weight excluding hydrogens is 1080 g/mol. The van der Waals surface area contributed by atoms with E-state index in [0.29, 0.717) is 38.6 Å². The van der Waals surface area contributed by atoms with E-state index in [1.165, 1.54) is 16.0 Å². The molecule has 0 fully saturated rings. The molecule has 20 heteroatoms. The van der Waals surface area contributed by atoms with Gasteiger partial charge in [-0.25, -0.2) is 29.5 Å². The highest BCUT2D eigenvalue weighted by molar-refractivity contribution is 9.10. The third-order valence-corrected chi connectivity index (χ3v) is 12.2. The number of Topliss-reactive ketones (excluding diaryl/α,β-unsaturated/α-hetero) is 1. The molecule has 1 aliphatic heterocycles. The molecule has 0 aliphatic carbocycles.